The van der Waals surface area contributed by atoms with Crippen LogP contribution in [0.4, 0.5) is 16.2 Å². The Hall–Kier alpha value is -3.42. The second-order valence-electron chi connectivity index (χ2n) is 6.91. The number of rotatable bonds is 8. The first kappa shape index (κ1) is 21.3. The topological polar surface area (TPSA) is 89.1 Å². The summed E-state index contributed by atoms with van der Waals surface area (Å²) in [5.74, 6) is 1.98. The van der Waals surface area contributed by atoms with E-state index < -0.39 is 0 Å². The van der Waals surface area contributed by atoms with Crippen molar-refractivity contribution in [2.24, 2.45) is 5.92 Å². The van der Waals surface area contributed by atoms with E-state index in [4.69, 9.17) is 14.2 Å². The van der Waals surface area contributed by atoms with Gasteiger partial charge in [0.1, 0.15) is 5.75 Å². The van der Waals surface area contributed by atoms with Crippen LogP contribution in [-0.2, 0) is 4.79 Å². The van der Waals surface area contributed by atoms with Crippen LogP contribution >= 0.6 is 0 Å². The first-order valence-electron chi connectivity index (χ1n) is 9.84. The Balaban J connectivity index is 1.51. The molecule has 0 saturated carbocycles. The lowest BCUT2D eigenvalue weighted by Crippen LogP contribution is -2.34. The first-order valence-corrected chi connectivity index (χ1v) is 9.84. The van der Waals surface area contributed by atoms with Crippen LogP contribution in [0.1, 0.15) is 13.3 Å². The van der Waals surface area contributed by atoms with Gasteiger partial charge in [-0.15, -0.1) is 0 Å². The van der Waals surface area contributed by atoms with E-state index in [0.29, 0.717) is 43.3 Å². The molecule has 2 N–H and O–H groups in total. The van der Waals surface area contributed by atoms with Crippen LogP contribution in [0.25, 0.3) is 0 Å². The fourth-order valence-corrected chi connectivity index (χ4v) is 3.38. The van der Waals surface area contributed by atoms with Crippen molar-refractivity contribution in [1.82, 2.24) is 5.32 Å². The Labute approximate surface area is 176 Å². The molecule has 30 heavy (non-hydrogen) atoms. The normalized spacial score (nSPS) is 15.6. The summed E-state index contributed by atoms with van der Waals surface area (Å²) >= 11 is 0. The number of ether oxygens (including phenoxy) is 3. The van der Waals surface area contributed by atoms with Crippen molar-refractivity contribution in [3.63, 3.8) is 0 Å². The standard InChI is InChI=1S/C22H27N3O5/c1-4-30-18-8-6-17(7-9-18)25-14-15(11-21(25)26)13-23-22(27)24-16-5-10-19(28-2)20(12-16)29-3/h5-10,12,15H,4,11,13-14H2,1-3H3,(H2,23,24,27). The van der Waals surface area contributed by atoms with Gasteiger partial charge >= 0.3 is 6.03 Å². The number of carbonyl (C=O) groups is 2. The molecule has 1 aliphatic rings. The van der Waals surface area contributed by atoms with Crippen LogP contribution in [0.3, 0.4) is 0 Å². The quantitative estimate of drug-likeness (QED) is 0.693. The van der Waals surface area contributed by atoms with E-state index in [-0.39, 0.29) is 17.9 Å². The van der Waals surface area contributed by atoms with E-state index in [2.05, 4.69) is 10.6 Å². The van der Waals surface area contributed by atoms with Crippen LogP contribution in [-0.4, -0.2) is 45.9 Å². The average Bonchev–Trinajstić information content (AvgIpc) is 3.13. The fraction of sp³-hybridized carbons (Fsp3) is 0.364. The number of nitrogens with zero attached hydrogens (tertiary/aromatic N) is 1. The first-order chi connectivity index (χ1) is 14.5. The molecule has 0 radical (unpaired) electrons. The summed E-state index contributed by atoms with van der Waals surface area (Å²) in [6, 6.07) is 12.3. The summed E-state index contributed by atoms with van der Waals surface area (Å²) in [6.45, 7) is 3.49. The van der Waals surface area contributed by atoms with Crippen molar-refractivity contribution in [1.29, 1.82) is 0 Å². The number of amides is 3. The van der Waals surface area contributed by atoms with Gasteiger partial charge in [-0.2, -0.15) is 0 Å². The molecule has 8 heteroatoms. The lowest BCUT2D eigenvalue weighted by molar-refractivity contribution is -0.117. The minimum absolute atomic E-state index is 0.0419. The van der Waals surface area contributed by atoms with Gasteiger partial charge in [0.2, 0.25) is 5.91 Å². The van der Waals surface area contributed by atoms with Gasteiger partial charge in [0, 0.05) is 42.9 Å². The largest absolute Gasteiger partial charge is 0.494 e. The van der Waals surface area contributed by atoms with Crippen LogP contribution in [0.15, 0.2) is 42.5 Å². The molecule has 1 aliphatic heterocycles. The molecule has 1 saturated heterocycles. The summed E-state index contributed by atoms with van der Waals surface area (Å²) in [5.41, 5.74) is 1.42. The molecule has 8 nitrogen and oxygen atoms in total. The van der Waals surface area contributed by atoms with E-state index in [1.165, 1.54) is 7.11 Å². The molecule has 0 aromatic heterocycles. The fourth-order valence-electron chi connectivity index (χ4n) is 3.38. The van der Waals surface area contributed by atoms with E-state index in [0.717, 1.165) is 11.4 Å². The molecule has 3 amide bonds. The molecule has 160 valence electrons. The monoisotopic (exact) mass is 413 g/mol. The van der Waals surface area contributed by atoms with E-state index in [9.17, 15) is 9.59 Å². The molecule has 1 unspecified atom stereocenters. The Kier molecular flexibility index (Phi) is 7.00. The molecular formula is C22H27N3O5. The van der Waals surface area contributed by atoms with Gasteiger partial charge in [-0.25, -0.2) is 4.79 Å². The zero-order chi connectivity index (χ0) is 21.5. The average molecular weight is 413 g/mol. The van der Waals surface area contributed by atoms with Crippen molar-refractivity contribution < 1.29 is 23.8 Å². The number of methoxy groups -OCH3 is 2. The number of hydrogen-bond acceptors (Lipinski definition) is 5. The van der Waals surface area contributed by atoms with Gasteiger partial charge in [-0.1, -0.05) is 0 Å². The summed E-state index contributed by atoms with van der Waals surface area (Å²) in [7, 11) is 3.09. The number of urea groups is 1. The minimum Gasteiger partial charge on any atom is -0.494 e. The van der Waals surface area contributed by atoms with Gasteiger partial charge in [0.05, 0.1) is 20.8 Å². The van der Waals surface area contributed by atoms with Crippen LogP contribution in [0.2, 0.25) is 0 Å². The summed E-state index contributed by atoms with van der Waals surface area (Å²) < 4.78 is 15.9. The number of hydrogen-bond donors (Lipinski definition) is 2. The van der Waals surface area contributed by atoms with E-state index in [1.807, 2.05) is 31.2 Å². The highest BCUT2D eigenvalue weighted by atomic mass is 16.5. The van der Waals surface area contributed by atoms with Gasteiger partial charge in [0.25, 0.3) is 0 Å². The molecule has 1 atom stereocenters. The van der Waals surface area contributed by atoms with E-state index in [1.54, 1.807) is 30.2 Å². The third-order valence-electron chi connectivity index (χ3n) is 4.86. The summed E-state index contributed by atoms with van der Waals surface area (Å²) in [6.07, 6.45) is 0.393. The van der Waals surface area contributed by atoms with E-state index >= 15 is 0 Å². The van der Waals surface area contributed by atoms with Crippen molar-refractivity contribution in [2.75, 3.05) is 44.1 Å². The lowest BCUT2D eigenvalue weighted by Gasteiger charge is -2.17. The Morgan fingerprint density at radius 1 is 1.10 bits per heavy atom. The third kappa shape index (κ3) is 5.14. The zero-order valence-corrected chi connectivity index (χ0v) is 17.4. The number of anilines is 2. The van der Waals surface area contributed by atoms with Gasteiger partial charge < -0.3 is 29.7 Å². The molecule has 2 aromatic rings. The summed E-state index contributed by atoms with van der Waals surface area (Å²) in [4.78, 5) is 26.4. The van der Waals surface area contributed by atoms with Gasteiger partial charge in [-0.3, -0.25) is 4.79 Å². The maximum Gasteiger partial charge on any atom is 0.319 e. The van der Waals surface area contributed by atoms with Crippen LogP contribution in [0.5, 0.6) is 17.2 Å². The van der Waals surface area contributed by atoms with Crippen LogP contribution in [0, 0.1) is 5.92 Å². The Bertz CT molecular complexity index is 885. The third-order valence-corrected chi connectivity index (χ3v) is 4.86. The van der Waals surface area contributed by atoms with Crippen molar-refractivity contribution in [2.45, 2.75) is 13.3 Å². The second kappa shape index (κ2) is 9.87. The number of carbonyl (C=O) groups excluding carboxylic acids is 2. The smallest absolute Gasteiger partial charge is 0.319 e. The predicted molar refractivity (Wildman–Crippen MR) is 115 cm³/mol. The van der Waals surface area contributed by atoms with Crippen molar-refractivity contribution >= 4 is 23.3 Å². The SMILES string of the molecule is CCOc1ccc(N2CC(CNC(=O)Nc3ccc(OC)c(OC)c3)CC2=O)cc1. The van der Waals surface area contributed by atoms with Gasteiger partial charge in [-0.05, 0) is 43.3 Å². The lowest BCUT2D eigenvalue weighted by atomic mass is 10.1. The molecular weight excluding hydrogens is 386 g/mol. The molecule has 3 rings (SSSR count). The highest BCUT2D eigenvalue weighted by molar-refractivity contribution is 5.96. The van der Waals surface area contributed by atoms with Crippen LogP contribution < -0.4 is 29.7 Å². The van der Waals surface area contributed by atoms with Gasteiger partial charge in [0.15, 0.2) is 11.5 Å². The second-order valence-corrected chi connectivity index (χ2v) is 6.91. The molecule has 0 aliphatic carbocycles. The highest BCUT2D eigenvalue weighted by Gasteiger charge is 2.30. The minimum atomic E-state index is -0.339. The number of benzene rings is 2. The molecule has 1 fully saturated rings. The zero-order valence-electron chi connectivity index (χ0n) is 17.4. The Morgan fingerprint density at radius 2 is 1.83 bits per heavy atom. The van der Waals surface area contributed by atoms with Crippen molar-refractivity contribution in [3.05, 3.63) is 42.5 Å². The molecule has 2 aromatic carbocycles. The molecule has 0 spiro atoms. The Morgan fingerprint density at radius 3 is 2.50 bits per heavy atom. The predicted octanol–water partition coefficient (Wildman–Crippen LogP) is 3.28. The maximum absolute atomic E-state index is 12.4. The maximum atomic E-state index is 12.4. The summed E-state index contributed by atoms with van der Waals surface area (Å²) in [5, 5.41) is 5.60. The molecule has 1 heterocycles. The highest BCUT2D eigenvalue weighted by Crippen LogP contribution is 2.30. The van der Waals surface area contributed by atoms with Crippen molar-refractivity contribution in [3.8, 4) is 17.2 Å². The number of nitrogens with one attached hydrogen (secondary N) is 2. The molecule has 0 bridgehead atoms.